The van der Waals surface area contributed by atoms with E-state index in [0.717, 1.165) is 6.42 Å². The number of aromatic amines is 1. The first kappa shape index (κ1) is 18.7. The van der Waals surface area contributed by atoms with Crippen LogP contribution in [0, 0.1) is 13.8 Å². The number of ether oxygens (including phenoxy) is 2. The van der Waals surface area contributed by atoms with Crippen molar-refractivity contribution in [1.82, 2.24) is 10.3 Å². The van der Waals surface area contributed by atoms with Crippen LogP contribution in [0.5, 0.6) is 0 Å². The number of carbonyl (C=O) groups is 3. The zero-order chi connectivity index (χ0) is 17.6. The second kappa shape index (κ2) is 8.36. The third-order valence-corrected chi connectivity index (χ3v) is 3.32. The Kier molecular flexibility index (Phi) is 6.81. The first-order valence-corrected chi connectivity index (χ1v) is 7.68. The third-order valence-electron chi connectivity index (χ3n) is 3.32. The number of hydrogen-bond donors (Lipinski definition) is 2. The summed E-state index contributed by atoms with van der Waals surface area (Å²) in [5, 5.41) is 2.66. The number of nitrogens with one attached hydrogen (secondary N) is 2. The van der Waals surface area contributed by atoms with Crippen LogP contribution in [0.1, 0.15) is 59.3 Å². The van der Waals surface area contributed by atoms with Gasteiger partial charge in [0.15, 0.2) is 6.10 Å². The van der Waals surface area contributed by atoms with Crippen molar-refractivity contribution in [2.24, 2.45) is 0 Å². The molecular weight excluding hydrogens is 300 g/mol. The minimum Gasteiger partial charge on any atom is -0.461 e. The van der Waals surface area contributed by atoms with E-state index in [4.69, 9.17) is 9.47 Å². The highest BCUT2D eigenvalue weighted by molar-refractivity contribution is 5.99. The van der Waals surface area contributed by atoms with Crippen molar-refractivity contribution in [3.8, 4) is 0 Å². The number of aromatic nitrogens is 1. The van der Waals surface area contributed by atoms with Crippen molar-refractivity contribution < 1.29 is 23.9 Å². The number of aryl methyl sites for hydroxylation is 1. The highest BCUT2D eigenvalue weighted by Gasteiger charge is 2.26. The minimum atomic E-state index is -0.909. The molecule has 7 nitrogen and oxygen atoms in total. The topological polar surface area (TPSA) is 97.5 Å². The van der Waals surface area contributed by atoms with Gasteiger partial charge in [0.2, 0.25) is 0 Å². The molecule has 0 aromatic carbocycles. The second-order valence-corrected chi connectivity index (χ2v) is 5.18. The smallest absolute Gasteiger partial charge is 0.355 e. The van der Waals surface area contributed by atoms with Crippen LogP contribution in [-0.4, -0.2) is 42.1 Å². The Labute approximate surface area is 135 Å². The van der Waals surface area contributed by atoms with E-state index in [1.54, 1.807) is 20.8 Å². The van der Waals surface area contributed by atoms with Gasteiger partial charge in [-0.3, -0.25) is 4.79 Å². The molecule has 0 saturated heterocycles. The standard InChI is InChI=1S/C16H24N2O5/c1-6-8-17-14(19)11(5)23-15(20)12-9(3)13(18-10(12)4)16(21)22-7-2/h11,18H,6-8H2,1-5H3,(H,17,19)/t11-/m1/s1. The predicted octanol–water partition coefficient (Wildman–Crippen LogP) is 1.88. The van der Waals surface area contributed by atoms with E-state index in [9.17, 15) is 14.4 Å². The Morgan fingerprint density at radius 2 is 1.83 bits per heavy atom. The zero-order valence-corrected chi connectivity index (χ0v) is 14.2. The van der Waals surface area contributed by atoms with E-state index in [-0.39, 0.29) is 23.8 Å². The van der Waals surface area contributed by atoms with Gasteiger partial charge in [-0.05, 0) is 39.7 Å². The van der Waals surface area contributed by atoms with Crippen LogP contribution in [0.3, 0.4) is 0 Å². The Morgan fingerprint density at radius 1 is 1.17 bits per heavy atom. The largest absolute Gasteiger partial charge is 0.461 e. The second-order valence-electron chi connectivity index (χ2n) is 5.18. The van der Waals surface area contributed by atoms with Crippen molar-refractivity contribution in [1.29, 1.82) is 0 Å². The van der Waals surface area contributed by atoms with Gasteiger partial charge in [0, 0.05) is 12.2 Å². The third kappa shape index (κ3) is 4.58. The van der Waals surface area contributed by atoms with Crippen LogP contribution in [0.2, 0.25) is 0 Å². The van der Waals surface area contributed by atoms with Crippen LogP contribution in [0.15, 0.2) is 0 Å². The molecule has 1 aromatic heterocycles. The lowest BCUT2D eigenvalue weighted by Gasteiger charge is -2.13. The molecule has 0 aliphatic carbocycles. The fourth-order valence-corrected chi connectivity index (χ4v) is 2.13. The highest BCUT2D eigenvalue weighted by Crippen LogP contribution is 2.20. The maximum absolute atomic E-state index is 12.3. The summed E-state index contributed by atoms with van der Waals surface area (Å²) in [6.07, 6.45) is -0.112. The summed E-state index contributed by atoms with van der Waals surface area (Å²) in [5.41, 5.74) is 1.42. The van der Waals surface area contributed by atoms with Gasteiger partial charge < -0.3 is 19.8 Å². The van der Waals surface area contributed by atoms with Crippen molar-refractivity contribution in [3.63, 3.8) is 0 Å². The van der Waals surface area contributed by atoms with Gasteiger partial charge >= 0.3 is 11.9 Å². The number of carbonyl (C=O) groups excluding carboxylic acids is 3. The SMILES string of the molecule is CCCNC(=O)[C@@H](C)OC(=O)c1c(C)[nH]c(C(=O)OCC)c1C. The Morgan fingerprint density at radius 3 is 2.39 bits per heavy atom. The van der Waals surface area contributed by atoms with Gasteiger partial charge in [-0.25, -0.2) is 9.59 Å². The van der Waals surface area contributed by atoms with Gasteiger partial charge in [0.05, 0.1) is 12.2 Å². The van der Waals surface area contributed by atoms with Crippen molar-refractivity contribution in [2.75, 3.05) is 13.2 Å². The number of H-pyrrole nitrogens is 1. The average Bonchev–Trinajstić information content (AvgIpc) is 2.79. The summed E-state index contributed by atoms with van der Waals surface area (Å²) < 4.78 is 10.1. The lowest BCUT2D eigenvalue weighted by molar-refractivity contribution is -0.129. The van der Waals surface area contributed by atoms with E-state index in [1.807, 2.05) is 6.92 Å². The molecular formula is C16H24N2O5. The molecule has 0 aliphatic heterocycles. The molecule has 0 unspecified atom stereocenters. The van der Waals surface area contributed by atoms with E-state index in [2.05, 4.69) is 10.3 Å². The summed E-state index contributed by atoms with van der Waals surface area (Å²) in [4.78, 5) is 38.7. The highest BCUT2D eigenvalue weighted by atomic mass is 16.5. The van der Waals surface area contributed by atoms with Gasteiger partial charge in [-0.1, -0.05) is 6.92 Å². The van der Waals surface area contributed by atoms with E-state index in [0.29, 0.717) is 17.8 Å². The van der Waals surface area contributed by atoms with E-state index >= 15 is 0 Å². The molecule has 1 amide bonds. The minimum absolute atomic E-state index is 0.222. The van der Waals surface area contributed by atoms with Gasteiger partial charge in [0.1, 0.15) is 5.69 Å². The van der Waals surface area contributed by atoms with Crippen molar-refractivity contribution in [2.45, 2.75) is 47.1 Å². The monoisotopic (exact) mass is 324 g/mol. The molecule has 1 rings (SSSR count). The summed E-state index contributed by atoms with van der Waals surface area (Å²) in [6, 6.07) is 0. The van der Waals surface area contributed by atoms with Crippen LogP contribution in [0.4, 0.5) is 0 Å². The molecule has 1 aromatic rings. The lowest BCUT2D eigenvalue weighted by Crippen LogP contribution is -2.36. The molecule has 2 N–H and O–H groups in total. The van der Waals surface area contributed by atoms with Crippen LogP contribution in [-0.2, 0) is 14.3 Å². The van der Waals surface area contributed by atoms with Gasteiger partial charge in [-0.15, -0.1) is 0 Å². The molecule has 1 heterocycles. The van der Waals surface area contributed by atoms with Crippen LogP contribution in [0.25, 0.3) is 0 Å². The molecule has 0 saturated carbocycles. The zero-order valence-electron chi connectivity index (χ0n) is 14.2. The number of hydrogen-bond acceptors (Lipinski definition) is 5. The molecule has 128 valence electrons. The summed E-state index contributed by atoms with van der Waals surface area (Å²) in [5.74, 6) is -1.52. The lowest BCUT2D eigenvalue weighted by atomic mass is 10.1. The maximum atomic E-state index is 12.3. The fourth-order valence-electron chi connectivity index (χ4n) is 2.13. The molecule has 7 heteroatoms. The van der Waals surface area contributed by atoms with E-state index in [1.165, 1.54) is 6.92 Å². The number of rotatable bonds is 7. The first-order valence-electron chi connectivity index (χ1n) is 7.68. The summed E-state index contributed by atoms with van der Waals surface area (Å²) in [7, 11) is 0. The molecule has 0 radical (unpaired) electrons. The Balaban J connectivity index is 2.88. The summed E-state index contributed by atoms with van der Waals surface area (Å²) in [6.45, 7) is 9.20. The molecule has 23 heavy (non-hydrogen) atoms. The summed E-state index contributed by atoms with van der Waals surface area (Å²) >= 11 is 0. The van der Waals surface area contributed by atoms with Crippen LogP contribution >= 0.6 is 0 Å². The molecule has 0 bridgehead atoms. The Hall–Kier alpha value is -2.31. The van der Waals surface area contributed by atoms with Crippen LogP contribution < -0.4 is 5.32 Å². The molecule has 0 spiro atoms. The normalized spacial score (nSPS) is 11.7. The predicted molar refractivity (Wildman–Crippen MR) is 84.4 cm³/mol. The maximum Gasteiger partial charge on any atom is 0.355 e. The molecule has 1 atom stereocenters. The molecule has 0 aliphatic rings. The van der Waals surface area contributed by atoms with Crippen molar-refractivity contribution in [3.05, 3.63) is 22.5 Å². The fraction of sp³-hybridized carbons (Fsp3) is 0.562. The molecule has 0 fully saturated rings. The Bertz CT molecular complexity index is 592. The quantitative estimate of drug-likeness (QED) is 0.746. The number of esters is 2. The van der Waals surface area contributed by atoms with E-state index < -0.39 is 18.0 Å². The first-order chi connectivity index (χ1) is 10.8. The van der Waals surface area contributed by atoms with Crippen molar-refractivity contribution >= 4 is 17.8 Å². The average molecular weight is 324 g/mol. The van der Waals surface area contributed by atoms with Gasteiger partial charge in [-0.2, -0.15) is 0 Å². The van der Waals surface area contributed by atoms with Gasteiger partial charge in [0.25, 0.3) is 5.91 Å². The number of amides is 1.